The fraction of sp³-hybridized carbons (Fsp3) is 0.312. The quantitative estimate of drug-likeness (QED) is 0.818. The summed E-state index contributed by atoms with van der Waals surface area (Å²) < 4.78 is 13.8. The van der Waals surface area contributed by atoms with Crippen molar-refractivity contribution in [3.63, 3.8) is 0 Å². The average Bonchev–Trinajstić information content (AvgIpc) is 2.50. The standard InChI is InChI=1S/C16H20FN3O/c1-20(8-9-21)16-10-14(2-3-15(16)17)12-19-11-13-4-6-18-7-5-13/h2-7,10,19,21H,8-9,11-12H2,1H3. The highest BCUT2D eigenvalue weighted by atomic mass is 19.1. The van der Waals surface area contributed by atoms with Gasteiger partial charge < -0.3 is 15.3 Å². The van der Waals surface area contributed by atoms with Crippen molar-refractivity contribution in [1.82, 2.24) is 10.3 Å². The largest absolute Gasteiger partial charge is 0.395 e. The van der Waals surface area contributed by atoms with Crippen LogP contribution in [0.4, 0.5) is 10.1 Å². The maximum atomic E-state index is 13.8. The first-order valence-electron chi connectivity index (χ1n) is 6.90. The highest BCUT2D eigenvalue weighted by Crippen LogP contribution is 2.19. The highest BCUT2D eigenvalue weighted by Gasteiger charge is 2.08. The van der Waals surface area contributed by atoms with Crippen molar-refractivity contribution >= 4 is 5.69 Å². The Hall–Kier alpha value is -1.98. The molecule has 0 aliphatic carbocycles. The van der Waals surface area contributed by atoms with Gasteiger partial charge in [0.05, 0.1) is 12.3 Å². The van der Waals surface area contributed by atoms with Crippen molar-refractivity contribution in [1.29, 1.82) is 0 Å². The van der Waals surface area contributed by atoms with Crippen LogP contribution >= 0.6 is 0 Å². The predicted molar refractivity (Wildman–Crippen MR) is 81.5 cm³/mol. The molecule has 0 saturated carbocycles. The second-order valence-electron chi connectivity index (χ2n) is 4.89. The number of aliphatic hydroxyl groups excluding tert-OH is 1. The van der Waals surface area contributed by atoms with Crippen LogP contribution in [-0.2, 0) is 13.1 Å². The summed E-state index contributed by atoms with van der Waals surface area (Å²) in [5, 5.41) is 12.3. The molecule has 0 unspecified atom stereocenters. The molecule has 0 spiro atoms. The summed E-state index contributed by atoms with van der Waals surface area (Å²) in [6, 6.07) is 8.96. The number of likely N-dealkylation sites (N-methyl/N-ethyl adjacent to an activating group) is 1. The van der Waals surface area contributed by atoms with Gasteiger partial charge in [-0.25, -0.2) is 4.39 Å². The molecule has 1 aromatic carbocycles. The molecule has 21 heavy (non-hydrogen) atoms. The lowest BCUT2D eigenvalue weighted by molar-refractivity contribution is 0.303. The van der Waals surface area contributed by atoms with Gasteiger partial charge in [0.25, 0.3) is 0 Å². The number of anilines is 1. The van der Waals surface area contributed by atoms with Crippen LogP contribution in [0.3, 0.4) is 0 Å². The van der Waals surface area contributed by atoms with Crippen LogP contribution in [-0.4, -0.2) is 30.3 Å². The molecule has 0 radical (unpaired) electrons. The molecule has 112 valence electrons. The summed E-state index contributed by atoms with van der Waals surface area (Å²) in [5.41, 5.74) is 2.67. The van der Waals surface area contributed by atoms with E-state index in [1.807, 2.05) is 18.2 Å². The maximum Gasteiger partial charge on any atom is 0.146 e. The molecule has 0 saturated heterocycles. The first kappa shape index (κ1) is 15.4. The third-order valence-electron chi connectivity index (χ3n) is 3.26. The van der Waals surface area contributed by atoms with Crippen LogP contribution in [0.15, 0.2) is 42.7 Å². The molecule has 0 atom stereocenters. The van der Waals surface area contributed by atoms with Crippen molar-refractivity contribution in [3.8, 4) is 0 Å². The lowest BCUT2D eigenvalue weighted by atomic mass is 10.1. The van der Waals surface area contributed by atoms with E-state index in [1.54, 1.807) is 30.4 Å². The minimum Gasteiger partial charge on any atom is -0.395 e. The monoisotopic (exact) mass is 289 g/mol. The molecular weight excluding hydrogens is 269 g/mol. The smallest absolute Gasteiger partial charge is 0.146 e. The zero-order valence-electron chi connectivity index (χ0n) is 12.1. The minimum absolute atomic E-state index is 0.000457. The Balaban J connectivity index is 1.96. The molecule has 0 aliphatic heterocycles. The number of hydrogen-bond donors (Lipinski definition) is 2. The van der Waals surface area contributed by atoms with E-state index in [-0.39, 0.29) is 12.4 Å². The van der Waals surface area contributed by atoms with Gasteiger partial charge in [0.2, 0.25) is 0 Å². The number of nitrogens with zero attached hydrogens (tertiary/aromatic N) is 2. The van der Waals surface area contributed by atoms with Gasteiger partial charge in [-0.1, -0.05) is 6.07 Å². The van der Waals surface area contributed by atoms with Gasteiger partial charge in [-0.3, -0.25) is 4.98 Å². The van der Waals surface area contributed by atoms with Crippen molar-refractivity contribution in [2.45, 2.75) is 13.1 Å². The molecule has 2 N–H and O–H groups in total. The zero-order valence-corrected chi connectivity index (χ0v) is 12.1. The van der Waals surface area contributed by atoms with Gasteiger partial charge in [0.15, 0.2) is 0 Å². The van der Waals surface area contributed by atoms with Gasteiger partial charge in [0, 0.05) is 39.1 Å². The summed E-state index contributed by atoms with van der Waals surface area (Å²) in [4.78, 5) is 5.68. The summed E-state index contributed by atoms with van der Waals surface area (Å²) in [7, 11) is 1.77. The van der Waals surface area contributed by atoms with E-state index in [4.69, 9.17) is 5.11 Å². The van der Waals surface area contributed by atoms with Crippen LogP contribution in [0.1, 0.15) is 11.1 Å². The lowest BCUT2D eigenvalue weighted by Crippen LogP contribution is -2.22. The van der Waals surface area contributed by atoms with Crippen molar-refractivity contribution in [3.05, 3.63) is 59.7 Å². The van der Waals surface area contributed by atoms with Gasteiger partial charge in [-0.2, -0.15) is 0 Å². The first-order chi connectivity index (χ1) is 10.2. The number of hydrogen-bond acceptors (Lipinski definition) is 4. The Morgan fingerprint density at radius 2 is 1.86 bits per heavy atom. The Bertz CT molecular complexity index is 563. The van der Waals surface area contributed by atoms with Crippen molar-refractivity contribution < 1.29 is 9.50 Å². The topological polar surface area (TPSA) is 48.4 Å². The molecule has 2 aromatic rings. The van der Waals surface area contributed by atoms with Crippen molar-refractivity contribution in [2.24, 2.45) is 0 Å². The summed E-state index contributed by atoms with van der Waals surface area (Å²) in [6.07, 6.45) is 3.52. The number of aliphatic hydroxyl groups is 1. The van der Waals surface area contributed by atoms with Crippen LogP contribution < -0.4 is 10.2 Å². The summed E-state index contributed by atoms with van der Waals surface area (Å²) in [6.45, 7) is 1.80. The summed E-state index contributed by atoms with van der Waals surface area (Å²) in [5.74, 6) is -0.274. The molecule has 0 aliphatic rings. The van der Waals surface area contributed by atoms with Gasteiger partial charge in [0.1, 0.15) is 5.82 Å². The Morgan fingerprint density at radius 3 is 2.57 bits per heavy atom. The molecular formula is C16H20FN3O. The second kappa shape index (κ2) is 7.71. The third kappa shape index (κ3) is 4.51. The van der Waals surface area contributed by atoms with E-state index >= 15 is 0 Å². The first-order valence-corrected chi connectivity index (χ1v) is 6.90. The number of benzene rings is 1. The van der Waals surface area contributed by atoms with E-state index in [1.165, 1.54) is 6.07 Å². The van der Waals surface area contributed by atoms with Crippen molar-refractivity contribution in [2.75, 3.05) is 25.1 Å². The van der Waals surface area contributed by atoms with E-state index in [2.05, 4.69) is 10.3 Å². The van der Waals surface area contributed by atoms with Crippen LogP contribution in [0.5, 0.6) is 0 Å². The molecule has 1 heterocycles. The molecule has 0 bridgehead atoms. The molecule has 2 rings (SSSR count). The van der Waals surface area contributed by atoms with Gasteiger partial charge in [-0.15, -0.1) is 0 Å². The number of rotatable bonds is 7. The van der Waals surface area contributed by atoms with Crippen LogP contribution in [0.2, 0.25) is 0 Å². The molecule has 0 fully saturated rings. The van der Waals surface area contributed by atoms with E-state index in [0.717, 1.165) is 17.7 Å². The maximum absolute atomic E-state index is 13.8. The van der Waals surface area contributed by atoms with E-state index in [0.29, 0.717) is 18.8 Å². The number of nitrogens with one attached hydrogen (secondary N) is 1. The SMILES string of the molecule is CN(CCO)c1cc(CNCc2ccncc2)ccc1F. The molecule has 4 nitrogen and oxygen atoms in total. The Morgan fingerprint density at radius 1 is 1.14 bits per heavy atom. The number of halogens is 1. The Kier molecular flexibility index (Phi) is 5.66. The highest BCUT2D eigenvalue weighted by molar-refractivity contribution is 5.49. The average molecular weight is 289 g/mol. The lowest BCUT2D eigenvalue weighted by Gasteiger charge is -2.19. The second-order valence-corrected chi connectivity index (χ2v) is 4.89. The van der Waals surface area contributed by atoms with Gasteiger partial charge >= 0.3 is 0 Å². The predicted octanol–water partition coefficient (Wildman–Crippen LogP) is 1.94. The van der Waals surface area contributed by atoms with Crippen LogP contribution in [0, 0.1) is 5.82 Å². The number of aromatic nitrogens is 1. The normalized spacial score (nSPS) is 10.6. The minimum atomic E-state index is -0.274. The fourth-order valence-corrected chi connectivity index (χ4v) is 2.08. The van der Waals surface area contributed by atoms with E-state index < -0.39 is 0 Å². The molecule has 1 aromatic heterocycles. The third-order valence-corrected chi connectivity index (χ3v) is 3.26. The van der Waals surface area contributed by atoms with E-state index in [9.17, 15) is 4.39 Å². The summed E-state index contributed by atoms with van der Waals surface area (Å²) >= 11 is 0. The van der Waals surface area contributed by atoms with Crippen LogP contribution in [0.25, 0.3) is 0 Å². The molecule has 5 heteroatoms. The zero-order chi connectivity index (χ0) is 15.1. The fourth-order valence-electron chi connectivity index (χ4n) is 2.08. The van der Waals surface area contributed by atoms with Gasteiger partial charge in [-0.05, 0) is 35.4 Å². The number of pyridine rings is 1. The Labute approximate surface area is 124 Å². The molecule has 0 amide bonds.